The van der Waals surface area contributed by atoms with Crippen molar-refractivity contribution in [2.45, 2.75) is 44.8 Å². The van der Waals surface area contributed by atoms with Gasteiger partial charge in [0.2, 0.25) is 0 Å². The molecule has 2 rings (SSSR count). The summed E-state index contributed by atoms with van der Waals surface area (Å²) in [6, 6.07) is 5.97. The molecule has 0 radical (unpaired) electrons. The molecule has 2 nitrogen and oxygen atoms in total. The van der Waals surface area contributed by atoms with Gasteiger partial charge in [-0.25, -0.2) is 0 Å². The van der Waals surface area contributed by atoms with Crippen LogP contribution < -0.4 is 5.32 Å². The number of rotatable bonds is 3. The van der Waals surface area contributed by atoms with Crippen molar-refractivity contribution < 1.29 is 0 Å². The van der Waals surface area contributed by atoms with Gasteiger partial charge in [-0.2, -0.15) is 0 Å². The topological polar surface area (TPSA) is 15.3 Å². The number of likely N-dealkylation sites (tertiary alicyclic amines) is 1. The van der Waals surface area contributed by atoms with Crippen molar-refractivity contribution in [1.82, 2.24) is 10.2 Å². The molecule has 1 N–H and O–H groups in total. The van der Waals surface area contributed by atoms with Crippen LogP contribution in [0.15, 0.2) is 12.1 Å². The van der Waals surface area contributed by atoms with Gasteiger partial charge in [0.15, 0.2) is 0 Å². The van der Waals surface area contributed by atoms with Crippen molar-refractivity contribution in [3.8, 4) is 0 Å². The predicted octanol–water partition coefficient (Wildman–Crippen LogP) is 3.53. The van der Waals surface area contributed by atoms with Crippen molar-refractivity contribution in [3.05, 3.63) is 21.3 Å². The number of halogens is 1. The highest BCUT2D eigenvalue weighted by molar-refractivity contribution is 7.16. The second kappa shape index (κ2) is 5.70. The van der Waals surface area contributed by atoms with Gasteiger partial charge in [-0.3, -0.25) is 4.90 Å². The van der Waals surface area contributed by atoms with E-state index in [4.69, 9.17) is 11.6 Å². The minimum absolute atomic E-state index is 0.486. The van der Waals surface area contributed by atoms with E-state index in [9.17, 15) is 0 Å². The van der Waals surface area contributed by atoms with Gasteiger partial charge in [0.05, 0.1) is 4.34 Å². The first-order valence-corrected chi connectivity index (χ1v) is 7.49. The van der Waals surface area contributed by atoms with E-state index in [2.05, 4.69) is 37.2 Å². The molecule has 0 saturated carbocycles. The average molecular weight is 273 g/mol. The van der Waals surface area contributed by atoms with Crippen LogP contribution in [0, 0.1) is 0 Å². The first kappa shape index (κ1) is 13.3. The molecular formula is C13H21ClN2S. The molecule has 0 spiro atoms. The van der Waals surface area contributed by atoms with Gasteiger partial charge >= 0.3 is 0 Å². The lowest BCUT2D eigenvalue weighted by Gasteiger charge is -2.41. The number of nitrogens with one attached hydrogen (secondary N) is 1. The molecule has 1 fully saturated rings. The van der Waals surface area contributed by atoms with Crippen LogP contribution in [0.1, 0.15) is 37.6 Å². The van der Waals surface area contributed by atoms with Crippen LogP contribution >= 0.6 is 22.9 Å². The van der Waals surface area contributed by atoms with Crippen LogP contribution in [-0.2, 0) is 0 Å². The molecule has 96 valence electrons. The minimum atomic E-state index is 0.486. The monoisotopic (exact) mass is 272 g/mol. The van der Waals surface area contributed by atoms with E-state index in [1.54, 1.807) is 11.3 Å². The van der Waals surface area contributed by atoms with Crippen molar-refractivity contribution in [2.75, 3.05) is 13.6 Å². The summed E-state index contributed by atoms with van der Waals surface area (Å²) >= 11 is 7.72. The molecule has 0 aliphatic carbocycles. The lowest BCUT2D eigenvalue weighted by Crippen LogP contribution is -2.47. The maximum absolute atomic E-state index is 6.02. The Labute approximate surface area is 113 Å². The molecule has 1 aliphatic heterocycles. The van der Waals surface area contributed by atoms with E-state index >= 15 is 0 Å². The lowest BCUT2D eigenvalue weighted by molar-refractivity contribution is 0.0990. The zero-order chi connectivity index (χ0) is 12.4. The molecule has 1 aromatic heterocycles. The Kier molecular flexibility index (Phi) is 4.47. The van der Waals surface area contributed by atoms with E-state index in [1.165, 1.54) is 24.3 Å². The van der Waals surface area contributed by atoms with Crippen molar-refractivity contribution >= 4 is 22.9 Å². The van der Waals surface area contributed by atoms with Gasteiger partial charge in [-0.05, 0) is 45.9 Å². The van der Waals surface area contributed by atoms with Crippen LogP contribution in [-0.4, -0.2) is 30.6 Å². The van der Waals surface area contributed by atoms with E-state index < -0.39 is 0 Å². The fourth-order valence-electron chi connectivity index (χ4n) is 2.74. The molecule has 1 aromatic rings. The average Bonchev–Trinajstić information content (AvgIpc) is 2.75. The van der Waals surface area contributed by atoms with E-state index in [0.29, 0.717) is 18.1 Å². The highest BCUT2D eigenvalue weighted by Crippen LogP contribution is 2.33. The zero-order valence-corrected chi connectivity index (χ0v) is 12.3. The number of nitrogens with zero attached hydrogens (tertiary/aromatic N) is 1. The molecule has 4 heteroatoms. The Morgan fingerprint density at radius 3 is 2.82 bits per heavy atom. The fourth-order valence-corrected chi connectivity index (χ4v) is 3.88. The Hall–Kier alpha value is -0.0900. The van der Waals surface area contributed by atoms with Gasteiger partial charge < -0.3 is 5.32 Å². The summed E-state index contributed by atoms with van der Waals surface area (Å²) < 4.78 is 0.893. The summed E-state index contributed by atoms with van der Waals surface area (Å²) in [5, 5.41) is 3.39. The first-order chi connectivity index (χ1) is 8.11. The minimum Gasteiger partial charge on any atom is -0.317 e. The summed E-state index contributed by atoms with van der Waals surface area (Å²) in [6.07, 6.45) is 2.48. The Morgan fingerprint density at radius 2 is 2.29 bits per heavy atom. The molecule has 0 aromatic carbocycles. The van der Waals surface area contributed by atoms with Crippen LogP contribution in [0.3, 0.4) is 0 Å². The van der Waals surface area contributed by atoms with Crippen LogP contribution in [0.4, 0.5) is 0 Å². The van der Waals surface area contributed by atoms with E-state index in [-0.39, 0.29) is 0 Å². The highest BCUT2D eigenvalue weighted by atomic mass is 35.5. The predicted molar refractivity (Wildman–Crippen MR) is 76.0 cm³/mol. The third-order valence-electron chi connectivity index (χ3n) is 3.84. The summed E-state index contributed by atoms with van der Waals surface area (Å²) in [5.41, 5.74) is 0. The van der Waals surface area contributed by atoms with E-state index in [1.807, 2.05) is 6.07 Å². The van der Waals surface area contributed by atoms with Gasteiger partial charge in [0.25, 0.3) is 0 Å². The van der Waals surface area contributed by atoms with Crippen LogP contribution in [0.5, 0.6) is 0 Å². The summed E-state index contributed by atoms with van der Waals surface area (Å²) in [4.78, 5) is 3.97. The lowest BCUT2D eigenvalue weighted by atomic mass is 9.96. The molecule has 2 heterocycles. The van der Waals surface area contributed by atoms with Crippen molar-refractivity contribution in [2.24, 2.45) is 0 Å². The maximum Gasteiger partial charge on any atom is 0.0931 e. The molecule has 1 aliphatic rings. The van der Waals surface area contributed by atoms with Crippen LogP contribution in [0.25, 0.3) is 0 Å². The number of hydrogen-bond acceptors (Lipinski definition) is 3. The number of hydrogen-bond donors (Lipinski definition) is 1. The molecule has 1 saturated heterocycles. The zero-order valence-electron chi connectivity index (χ0n) is 10.7. The summed E-state index contributed by atoms with van der Waals surface area (Å²) in [6.45, 7) is 5.79. The van der Waals surface area contributed by atoms with Crippen LogP contribution in [0.2, 0.25) is 4.34 Å². The molecular weight excluding hydrogens is 252 g/mol. The maximum atomic E-state index is 6.02. The van der Waals surface area contributed by atoms with Crippen molar-refractivity contribution in [1.29, 1.82) is 0 Å². The smallest absolute Gasteiger partial charge is 0.0931 e. The third kappa shape index (κ3) is 3.02. The summed E-state index contributed by atoms with van der Waals surface area (Å²) in [7, 11) is 2.06. The quantitative estimate of drug-likeness (QED) is 0.906. The SMILES string of the molecule is CNC1CCN(C(C)c2ccc(Cl)s2)C(C)C1. The standard InChI is InChI=1S/C13H21ClN2S/c1-9-8-11(15-3)6-7-16(9)10(2)12-4-5-13(14)17-12/h4-5,9-11,15H,6-8H2,1-3H3. The second-order valence-corrected chi connectivity index (χ2v) is 6.66. The third-order valence-corrected chi connectivity index (χ3v) is 5.24. The Balaban J connectivity index is 2.03. The Bertz CT molecular complexity index is 366. The van der Waals surface area contributed by atoms with Gasteiger partial charge in [-0.15, -0.1) is 11.3 Å². The van der Waals surface area contributed by atoms with Gasteiger partial charge in [-0.1, -0.05) is 11.6 Å². The van der Waals surface area contributed by atoms with Gasteiger partial charge in [0, 0.05) is 29.5 Å². The molecule has 17 heavy (non-hydrogen) atoms. The second-order valence-electron chi connectivity index (χ2n) is 4.91. The molecule has 3 atom stereocenters. The number of piperidine rings is 1. The number of thiophene rings is 1. The first-order valence-electron chi connectivity index (χ1n) is 6.30. The normalized spacial score (nSPS) is 28.2. The molecule has 0 bridgehead atoms. The highest BCUT2D eigenvalue weighted by Gasteiger charge is 2.28. The molecule has 0 amide bonds. The molecule has 3 unspecified atom stereocenters. The summed E-state index contributed by atoms with van der Waals surface area (Å²) in [5.74, 6) is 0. The van der Waals surface area contributed by atoms with Gasteiger partial charge in [0.1, 0.15) is 0 Å². The Morgan fingerprint density at radius 1 is 1.53 bits per heavy atom. The van der Waals surface area contributed by atoms with Crippen molar-refractivity contribution in [3.63, 3.8) is 0 Å². The van der Waals surface area contributed by atoms with E-state index in [0.717, 1.165) is 4.34 Å². The fraction of sp³-hybridized carbons (Fsp3) is 0.692. The largest absolute Gasteiger partial charge is 0.317 e.